The molecule has 0 aliphatic heterocycles. The standard InChI is InChI=1S/C43H33N3O2/c1-43(2,3)34-20-23-39(47)33(24-34)27-45-38-13-9-8-12-36(38)42-46-41-37(31-10-6-5-7-11-31)25-32(26-40(41)48-42)30-16-14-28(15-17-30)29-18-21-35(44-4)22-19-29/h5-27,47H,1-3H3. The second kappa shape index (κ2) is 12.5. The molecular weight excluding hydrogens is 590 g/mol. The van der Waals surface area contributed by atoms with Gasteiger partial charge in [0.15, 0.2) is 11.3 Å². The minimum atomic E-state index is -0.0599. The highest BCUT2D eigenvalue weighted by molar-refractivity contribution is 5.97. The molecule has 0 atom stereocenters. The number of nitrogens with zero attached hydrogens (tertiary/aromatic N) is 3. The quantitative estimate of drug-likeness (QED) is 0.148. The van der Waals surface area contributed by atoms with Gasteiger partial charge < -0.3 is 9.52 Å². The van der Waals surface area contributed by atoms with Crippen molar-refractivity contribution < 1.29 is 9.52 Å². The molecule has 1 heterocycles. The van der Waals surface area contributed by atoms with Crippen molar-refractivity contribution in [1.29, 1.82) is 0 Å². The number of phenols is 1. The number of hydrogen-bond donors (Lipinski definition) is 1. The molecule has 0 aliphatic rings. The monoisotopic (exact) mass is 623 g/mol. The molecule has 0 bridgehead atoms. The Labute approximate surface area is 280 Å². The topological polar surface area (TPSA) is 63.0 Å². The van der Waals surface area contributed by atoms with Crippen molar-refractivity contribution >= 4 is 28.7 Å². The van der Waals surface area contributed by atoms with Crippen molar-refractivity contribution in [3.05, 3.63) is 156 Å². The summed E-state index contributed by atoms with van der Waals surface area (Å²) in [5, 5.41) is 10.6. The first-order valence-corrected chi connectivity index (χ1v) is 15.8. The summed E-state index contributed by atoms with van der Waals surface area (Å²) in [7, 11) is 0. The first kappa shape index (κ1) is 30.4. The Bertz CT molecular complexity index is 2320. The van der Waals surface area contributed by atoms with Gasteiger partial charge in [-0.1, -0.05) is 118 Å². The number of fused-ring (bicyclic) bond motifs is 1. The molecule has 6 aromatic carbocycles. The predicted molar refractivity (Wildman–Crippen MR) is 196 cm³/mol. The summed E-state index contributed by atoms with van der Waals surface area (Å²) in [5.41, 5.74) is 11.4. The van der Waals surface area contributed by atoms with Gasteiger partial charge in [0.1, 0.15) is 11.3 Å². The van der Waals surface area contributed by atoms with Crippen LogP contribution < -0.4 is 0 Å². The van der Waals surface area contributed by atoms with Crippen LogP contribution in [0.2, 0.25) is 0 Å². The smallest absolute Gasteiger partial charge is 0.229 e. The number of oxazole rings is 1. The van der Waals surface area contributed by atoms with Crippen LogP contribution in [0.25, 0.3) is 60.8 Å². The Hall–Kier alpha value is -6.25. The van der Waals surface area contributed by atoms with E-state index in [1.165, 1.54) is 0 Å². The first-order chi connectivity index (χ1) is 23.3. The molecule has 5 nitrogen and oxygen atoms in total. The number of aliphatic imine (C=N–C) groups is 1. The van der Waals surface area contributed by atoms with Crippen LogP contribution in [0.5, 0.6) is 5.75 Å². The molecule has 0 radical (unpaired) electrons. The molecule has 7 rings (SSSR count). The lowest BCUT2D eigenvalue weighted by molar-refractivity contribution is 0.473. The first-order valence-electron chi connectivity index (χ1n) is 15.8. The van der Waals surface area contributed by atoms with Crippen LogP contribution in [0.3, 0.4) is 0 Å². The van der Waals surface area contributed by atoms with Gasteiger partial charge in [-0.25, -0.2) is 9.83 Å². The van der Waals surface area contributed by atoms with Crippen molar-refractivity contribution in [1.82, 2.24) is 4.98 Å². The van der Waals surface area contributed by atoms with Crippen molar-refractivity contribution in [3.8, 4) is 50.6 Å². The lowest BCUT2D eigenvalue weighted by atomic mass is 9.86. The summed E-state index contributed by atoms with van der Waals surface area (Å²) < 4.78 is 6.51. The van der Waals surface area contributed by atoms with E-state index >= 15 is 0 Å². The second-order valence-corrected chi connectivity index (χ2v) is 12.8. The largest absolute Gasteiger partial charge is 0.507 e. The molecule has 5 heteroatoms. The van der Waals surface area contributed by atoms with Crippen LogP contribution in [0.1, 0.15) is 31.9 Å². The highest BCUT2D eigenvalue weighted by Gasteiger charge is 2.18. The van der Waals surface area contributed by atoms with Crippen LogP contribution >= 0.6 is 0 Å². The van der Waals surface area contributed by atoms with Gasteiger partial charge in [-0.05, 0) is 75.2 Å². The van der Waals surface area contributed by atoms with E-state index in [-0.39, 0.29) is 11.2 Å². The number of phenolic OH excluding ortho intramolecular Hbond substituents is 1. The molecule has 1 N–H and O–H groups in total. The van der Waals surface area contributed by atoms with Crippen LogP contribution in [0, 0.1) is 6.57 Å². The number of hydrogen-bond acceptors (Lipinski definition) is 4. The summed E-state index contributed by atoms with van der Waals surface area (Å²) >= 11 is 0. The van der Waals surface area contributed by atoms with Gasteiger partial charge in [0, 0.05) is 17.3 Å². The van der Waals surface area contributed by atoms with Gasteiger partial charge >= 0.3 is 0 Å². The van der Waals surface area contributed by atoms with E-state index in [4.69, 9.17) is 21.0 Å². The second-order valence-electron chi connectivity index (χ2n) is 12.8. The molecule has 7 aromatic rings. The van der Waals surface area contributed by atoms with Crippen LogP contribution in [0.15, 0.2) is 143 Å². The third kappa shape index (κ3) is 6.12. The molecule has 0 unspecified atom stereocenters. The van der Waals surface area contributed by atoms with Gasteiger partial charge in [-0.3, -0.25) is 4.99 Å². The van der Waals surface area contributed by atoms with Crippen molar-refractivity contribution in [2.75, 3.05) is 0 Å². The minimum absolute atomic E-state index is 0.0599. The zero-order chi connectivity index (χ0) is 33.3. The molecule has 232 valence electrons. The van der Waals surface area contributed by atoms with Crippen LogP contribution in [-0.2, 0) is 5.41 Å². The van der Waals surface area contributed by atoms with Crippen molar-refractivity contribution in [2.45, 2.75) is 26.2 Å². The number of para-hydroxylation sites is 1. The lowest BCUT2D eigenvalue weighted by Gasteiger charge is -2.19. The zero-order valence-electron chi connectivity index (χ0n) is 27.0. The summed E-state index contributed by atoms with van der Waals surface area (Å²) in [6.45, 7) is 13.7. The highest BCUT2D eigenvalue weighted by Crippen LogP contribution is 2.39. The maximum absolute atomic E-state index is 10.6. The summed E-state index contributed by atoms with van der Waals surface area (Å²) in [6, 6.07) is 43.9. The summed E-state index contributed by atoms with van der Waals surface area (Å²) in [4.78, 5) is 13.3. The Morgan fingerprint density at radius 3 is 2.02 bits per heavy atom. The van der Waals surface area contributed by atoms with Gasteiger partial charge in [-0.15, -0.1) is 0 Å². The number of aromatic hydroxyl groups is 1. The Morgan fingerprint density at radius 2 is 1.33 bits per heavy atom. The van der Waals surface area contributed by atoms with E-state index in [0.717, 1.165) is 50.0 Å². The van der Waals surface area contributed by atoms with Crippen LogP contribution in [-0.4, -0.2) is 16.3 Å². The Morgan fingerprint density at radius 1 is 0.688 bits per heavy atom. The summed E-state index contributed by atoms with van der Waals surface area (Å²) in [6.07, 6.45) is 1.70. The van der Waals surface area contributed by atoms with E-state index in [9.17, 15) is 5.11 Å². The van der Waals surface area contributed by atoms with Gasteiger partial charge in [0.2, 0.25) is 5.89 Å². The van der Waals surface area contributed by atoms with Crippen LogP contribution in [0.4, 0.5) is 11.4 Å². The van der Waals surface area contributed by atoms with Gasteiger partial charge in [0.25, 0.3) is 0 Å². The Kier molecular flexibility index (Phi) is 7.92. The zero-order valence-corrected chi connectivity index (χ0v) is 27.0. The van der Waals surface area contributed by atoms with E-state index in [2.05, 4.69) is 68.1 Å². The molecular formula is C43H33N3O2. The predicted octanol–water partition coefficient (Wildman–Crippen LogP) is 11.8. The number of aromatic nitrogens is 1. The van der Waals surface area contributed by atoms with E-state index < -0.39 is 0 Å². The van der Waals surface area contributed by atoms with E-state index in [1.807, 2.05) is 84.9 Å². The number of rotatable bonds is 6. The molecule has 0 aliphatic carbocycles. The normalized spacial score (nSPS) is 11.6. The average Bonchev–Trinajstić information content (AvgIpc) is 3.55. The molecule has 0 saturated heterocycles. The van der Waals surface area contributed by atoms with Crippen molar-refractivity contribution in [3.63, 3.8) is 0 Å². The van der Waals surface area contributed by atoms with E-state index in [0.29, 0.717) is 28.4 Å². The summed E-state index contributed by atoms with van der Waals surface area (Å²) in [5.74, 6) is 0.648. The fourth-order valence-corrected chi connectivity index (χ4v) is 5.76. The van der Waals surface area contributed by atoms with E-state index in [1.54, 1.807) is 12.3 Å². The SMILES string of the molecule is [C-]#[N+]c1ccc(-c2ccc(-c3cc(-c4ccccc4)c4nc(-c5ccccc5N=Cc5cc(C(C)(C)C)ccc5O)oc4c3)cc2)cc1. The van der Waals surface area contributed by atoms with Gasteiger partial charge in [0.05, 0.1) is 17.8 Å². The van der Waals surface area contributed by atoms with Gasteiger partial charge in [-0.2, -0.15) is 0 Å². The highest BCUT2D eigenvalue weighted by atomic mass is 16.3. The molecule has 0 saturated carbocycles. The minimum Gasteiger partial charge on any atom is -0.507 e. The fraction of sp³-hybridized carbons (Fsp3) is 0.0930. The maximum atomic E-state index is 10.6. The molecule has 48 heavy (non-hydrogen) atoms. The third-order valence-electron chi connectivity index (χ3n) is 8.50. The number of benzene rings is 6. The lowest BCUT2D eigenvalue weighted by Crippen LogP contribution is -2.11. The average molecular weight is 624 g/mol. The Balaban J connectivity index is 1.29. The molecule has 1 aromatic heterocycles. The third-order valence-corrected chi connectivity index (χ3v) is 8.50. The molecule has 0 spiro atoms. The van der Waals surface area contributed by atoms with Crippen molar-refractivity contribution in [2.24, 2.45) is 4.99 Å². The fourth-order valence-electron chi connectivity index (χ4n) is 5.76. The maximum Gasteiger partial charge on any atom is 0.229 e. The molecule has 0 fully saturated rings. The molecule has 0 amide bonds.